The highest BCUT2D eigenvalue weighted by Crippen LogP contribution is 2.31. The minimum atomic E-state index is 0.139. The summed E-state index contributed by atoms with van der Waals surface area (Å²) in [5, 5.41) is 3.80. The van der Waals surface area contributed by atoms with Crippen molar-refractivity contribution in [1.82, 2.24) is 9.80 Å². The molecular formula is C26H23ClN2OS. The van der Waals surface area contributed by atoms with Crippen LogP contribution < -0.4 is 0 Å². The van der Waals surface area contributed by atoms with Gasteiger partial charge in [-0.15, -0.1) is 11.3 Å². The Kier molecular flexibility index (Phi) is 5.77. The summed E-state index contributed by atoms with van der Waals surface area (Å²) in [5.41, 5.74) is 3.30. The van der Waals surface area contributed by atoms with Crippen LogP contribution in [0, 0.1) is 0 Å². The number of amides is 1. The molecule has 1 aliphatic heterocycles. The lowest BCUT2D eigenvalue weighted by atomic mass is 9.96. The Morgan fingerprint density at radius 2 is 1.45 bits per heavy atom. The zero-order valence-electron chi connectivity index (χ0n) is 17.1. The SMILES string of the molecule is O=C(c1csc2ccccc12)N1CCN([C@H](c2ccccc2)c2ccc(Cl)cc2)CC1. The second kappa shape index (κ2) is 8.83. The average molecular weight is 447 g/mol. The lowest BCUT2D eigenvalue weighted by molar-refractivity contribution is 0.0599. The fraction of sp³-hybridized carbons (Fsp3) is 0.192. The molecule has 0 saturated carbocycles. The highest BCUT2D eigenvalue weighted by molar-refractivity contribution is 7.17. The summed E-state index contributed by atoms with van der Waals surface area (Å²) < 4.78 is 1.16. The van der Waals surface area contributed by atoms with Crippen LogP contribution in [-0.4, -0.2) is 41.9 Å². The van der Waals surface area contributed by atoms with Gasteiger partial charge in [0.25, 0.3) is 5.91 Å². The Labute approximate surface area is 191 Å². The highest BCUT2D eigenvalue weighted by Gasteiger charge is 2.29. The summed E-state index contributed by atoms with van der Waals surface area (Å²) in [5.74, 6) is 0.139. The van der Waals surface area contributed by atoms with Gasteiger partial charge >= 0.3 is 0 Å². The fourth-order valence-corrected chi connectivity index (χ4v) is 5.45. The summed E-state index contributed by atoms with van der Waals surface area (Å²) in [7, 11) is 0. The topological polar surface area (TPSA) is 23.6 Å². The van der Waals surface area contributed by atoms with Crippen molar-refractivity contribution in [2.75, 3.05) is 26.2 Å². The van der Waals surface area contributed by atoms with Crippen LogP contribution in [0.3, 0.4) is 0 Å². The first-order valence-corrected chi connectivity index (χ1v) is 11.8. The largest absolute Gasteiger partial charge is 0.336 e. The predicted molar refractivity (Wildman–Crippen MR) is 129 cm³/mol. The molecule has 0 radical (unpaired) electrons. The number of hydrogen-bond acceptors (Lipinski definition) is 3. The number of carbonyl (C=O) groups is 1. The second-order valence-corrected chi connectivity index (χ2v) is 9.19. The molecule has 1 aliphatic rings. The zero-order chi connectivity index (χ0) is 21.2. The predicted octanol–water partition coefficient (Wildman–Crippen LogP) is 6.10. The van der Waals surface area contributed by atoms with E-state index in [1.54, 1.807) is 11.3 Å². The first kappa shape index (κ1) is 20.3. The Bertz CT molecular complexity index is 1180. The molecule has 0 unspecified atom stereocenters. The van der Waals surface area contributed by atoms with Crippen molar-refractivity contribution in [3.8, 4) is 0 Å². The molecule has 5 rings (SSSR count). The van der Waals surface area contributed by atoms with Gasteiger partial charge in [0, 0.05) is 46.7 Å². The summed E-state index contributed by atoms with van der Waals surface area (Å²) >= 11 is 7.77. The van der Waals surface area contributed by atoms with E-state index in [0.29, 0.717) is 0 Å². The molecule has 0 aliphatic carbocycles. The number of carbonyl (C=O) groups excluding carboxylic acids is 1. The molecular weight excluding hydrogens is 424 g/mol. The van der Waals surface area contributed by atoms with E-state index in [-0.39, 0.29) is 11.9 Å². The molecule has 3 aromatic carbocycles. The Morgan fingerprint density at radius 3 is 2.19 bits per heavy atom. The molecule has 1 atom stereocenters. The number of rotatable bonds is 4. The van der Waals surface area contributed by atoms with E-state index in [2.05, 4.69) is 47.4 Å². The van der Waals surface area contributed by atoms with Gasteiger partial charge in [-0.25, -0.2) is 0 Å². The summed E-state index contributed by atoms with van der Waals surface area (Å²) in [6.45, 7) is 3.10. The smallest absolute Gasteiger partial charge is 0.255 e. The maximum Gasteiger partial charge on any atom is 0.255 e. The van der Waals surface area contributed by atoms with Crippen molar-refractivity contribution in [3.63, 3.8) is 0 Å². The van der Waals surface area contributed by atoms with Gasteiger partial charge in [0.1, 0.15) is 0 Å². The number of piperazine rings is 1. The van der Waals surface area contributed by atoms with Gasteiger partial charge in [0.15, 0.2) is 0 Å². The Morgan fingerprint density at radius 1 is 0.806 bits per heavy atom. The fourth-order valence-electron chi connectivity index (χ4n) is 4.39. The number of thiophene rings is 1. The van der Waals surface area contributed by atoms with E-state index in [0.717, 1.165) is 46.9 Å². The summed E-state index contributed by atoms with van der Waals surface area (Å²) in [6, 6.07) is 27.0. The molecule has 156 valence electrons. The van der Waals surface area contributed by atoms with Gasteiger partial charge in [0.05, 0.1) is 11.6 Å². The van der Waals surface area contributed by atoms with Crippen LogP contribution >= 0.6 is 22.9 Å². The lowest BCUT2D eigenvalue weighted by Crippen LogP contribution is -2.49. The minimum Gasteiger partial charge on any atom is -0.336 e. The van der Waals surface area contributed by atoms with Crippen LogP contribution in [0.5, 0.6) is 0 Å². The molecule has 31 heavy (non-hydrogen) atoms. The monoisotopic (exact) mass is 446 g/mol. The zero-order valence-corrected chi connectivity index (χ0v) is 18.6. The molecule has 5 heteroatoms. The van der Waals surface area contributed by atoms with Gasteiger partial charge in [-0.2, -0.15) is 0 Å². The van der Waals surface area contributed by atoms with E-state index < -0.39 is 0 Å². The van der Waals surface area contributed by atoms with Crippen LogP contribution in [0.1, 0.15) is 27.5 Å². The Balaban J connectivity index is 1.36. The van der Waals surface area contributed by atoms with Crippen molar-refractivity contribution in [2.45, 2.75) is 6.04 Å². The summed E-state index contributed by atoms with van der Waals surface area (Å²) in [4.78, 5) is 17.7. The van der Waals surface area contributed by atoms with Gasteiger partial charge in [-0.3, -0.25) is 9.69 Å². The van der Waals surface area contributed by atoms with Crippen molar-refractivity contribution in [2.24, 2.45) is 0 Å². The third-order valence-corrected chi connectivity index (χ3v) is 7.19. The van der Waals surface area contributed by atoms with E-state index >= 15 is 0 Å². The first-order chi connectivity index (χ1) is 15.2. The minimum absolute atomic E-state index is 0.139. The van der Waals surface area contributed by atoms with E-state index in [1.165, 1.54) is 11.1 Å². The standard InChI is InChI=1S/C26H23ClN2OS/c27-21-12-10-20(11-13-21)25(19-6-2-1-3-7-19)28-14-16-29(17-15-28)26(30)23-18-31-24-9-5-4-8-22(23)24/h1-13,18,25H,14-17H2/t25-/m1/s1. The van der Waals surface area contributed by atoms with Gasteiger partial charge in [-0.1, -0.05) is 72.3 Å². The van der Waals surface area contributed by atoms with Crippen molar-refractivity contribution in [3.05, 3.63) is 106 Å². The molecule has 4 aromatic rings. The van der Waals surface area contributed by atoms with Gasteiger partial charge in [0.2, 0.25) is 0 Å². The van der Waals surface area contributed by atoms with Crippen LogP contribution in [0.2, 0.25) is 5.02 Å². The van der Waals surface area contributed by atoms with Crippen LogP contribution in [-0.2, 0) is 0 Å². The van der Waals surface area contributed by atoms with Crippen LogP contribution in [0.15, 0.2) is 84.2 Å². The molecule has 0 bridgehead atoms. The van der Waals surface area contributed by atoms with Gasteiger partial charge < -0.3 is 4.90 Å². The molecule has 0 spiro atoms. The van der Waals surface area contributed by atoms with Crippen molar-refractivity contribution < 1.29 is 4.79 Å². The molecule has 2 heterocycles. The number of nitrogens with zero attached hydrogens (tertiary/aromatic N) is 2. The number of hydrogen-bond donors (Lipinski definition) is 0. The van der Waals surface area contributed by atoms with E-state index in [1.807, 2.05) is 46.7 Å². The number of fused-ring (bicyclic) bond motifs is 1. The third kappa shape index (κ3) is 4.11. The average Bonchev–Trinajstić information content (AvgIpc) is 3.25. The normalized spacial score (nSPS) is 15.8. The molecule has 1 fully saturated rings. The maximum absolute atomic E-state index is 13.2. The maximum atomic E-state index is 13.2. The molecule has 3 nitrogen and oxygen atoms in total. The molecule has 1 amide bonds. The van der Waals surface area contributed by atoms with Crippen molar-refractivity contribution in [1.29, 1.82) is 0 Å². The van der Waals surface area contributed by atoms with E-state index in [9.17, 15) is 4.79 Å². The van der Waals surface area contributed by atoms with Gasteiger partial charge in [-0.05, 0) is 29.3 Å². The second-order valence-electron chi connectivity index (χ2n) is 7.84. The number of halogens is 1. The summed E-state index contributed by atoms with van der Waals surface area (Å²) in [6.07, 6.45) is 0. The molecule has 1 saturated heterocycles. The van der Waals surface area contributed by atoms with Crippen LogP contribution in [0.4, 0.5) is 0 Å². The Hall–Kier alpha value is -2.66. The van der Waals surface area contributed by atoms with Crippen molar-refractivity contribution >= 4 is 38.9 Å². The number of benzene rings is 3. The first-order valence-electron chi connectivity index (χ1n) is 10.5. The highest BCUT2D eigenvalue weighted by atomic mass is 35.5. The van der Waals surface area contributed by atoms with Crippen LogP contribution in [0.25, 0.3) is 10.1 Å². The third-order valence-electron chi connectivity index (χ3n) is 5.98. The lowest BCUT2D eigenvalue weighted by Gasteiger charge is -2.39. The quantitative estimate of drug-likeness (QED) is 0.378. The van der Waals surface area contributed by atoms with E-state index in [4.69, 9.17) is 11.6 Å². The molecule has 1 aromatic heterocycles. The molecule has 0 N–H and O–H groups in total.